The SMILES string of the molecule is CC(C)c1cnc2c(n1)c(=O)n(C)c(=O)n2C. The van der Waals surface area contributed by atoms with Crippen molar-refractivity contribution in [1.82, 2.24) is 19.1 Å². The van der Waals surface area contributed by atoms with Crippen molar-refractivity contribution in [3.05, 3.63) is 32.7 Å². The third-order valence-corrected chi connectivity index (χ3v) is 2.76. The van der Waals surface area contributed by atoms with Crippen molar-refractivity contribution in [3.8, 4) is 0 Å². The van der Waals surface area contributed by atoms with E-state index in [1.54, 1.807) is 13.2 Å². The molecule has 0 bridgehead atoms. The molecule has 0 spiro atoms. The summed E-state index contributed by atoms with van der Waals surface area (Å²) < 4.78 is 2.37. The van der Waals surface area contributed by atoms with Gasteiger partial charge < -0.3 is 0 Å². The maximum absolute atomic E-state index is 11.9. The van der Waals surface area contributed by atoms with E-state index >= 15 is 0 Å². The fourth-order valence-corrected chi connectivity index (χ4v) is 1.62. The number of rotatable bonds is 1. The molecule has 0 radical (unpaired) electrons. The first-order valence-electron chi connectivity index (χ1n) is 5.36. The van der Waals surface area contributed by atoms with Gasteiger partial charge in [-0.2, -0.15) is 0 Å². The summed E-state index contributed by atoms with van der Waals surface area (Å²) in [5.74, 6) is 0.189. The van der Waals surface area contributed by atoms with Crippen LogP contribution in [0, 0.1) is 0 Å². The molecule has 0 aliphatic rings. The average molecular weight is 234 g/mol. The monoisotopic (exact) mass is 234 g/mol. The normalized spacial score (nSPS) is 11.4. The molecule has 6 nitrogen and oxygen atoms in total. The Kier molecular flexibility index (Phi) is 2.57. The Hall–Kier alpha value is -1.98. The van der Waals surface area contributed by atoms with Gasteiger partial charge in [-0.1, -0.05) is 13.8 Å². The summed E-state index contributed by atoms with van der Waals surface area (Å²) >= 11 is 0. The van der Waals surface area contributed by atoms with Gasteiger partial charge in [-0.05, 0) is 5.92 Å². The zero-order valence-corrected chi connectivity index (χ0v) is 10.3. The van der Waals surface area contributed by atoms with E-state index in [1.807, 2.05) is 13.8 Å². The summed E-state index contributed by atoms with van der Waals surface area (Å²) in [5, 5.41) is 0. The summed E-state index contributed by atoms with van der Waals surface area (Å²) in [7, 11) is 3.02. The molecule has 0 saturated heterocycles. The van der Waals surface area contributed by atoms with Crippen molar-refractivity contribution in [2.45, 2.75) is 19.8 Å². The topological polar surface area (TPSA) is 69.8 Å². The number of hydrogen-bond donors (Lipinski definition) is 0. The van der Waals surface area contributed by atoms with Gasteiger partial charge in [0.25, 0.3) is 5.56 Å². The number of nitrogens with zero attached hydrogens (tertiary/aromatic N) is 4. The van der Waals surface area contributed by atoms with Gasteiger partial charge >= 0.3 is 5.69 Å². The Bertz CT molecular complexity index is 697. The molecular formula is C11H14N4O2. The van der Waals surface area contributed by atoms with Crippen LogP contribution in [0.1, 0.15) is 25.5 Å². The molecule has 90 valence electrons. The van der Waals surface area contributed by atoms with Gasteiger partial charge in [0.2, 0.25) is 0 Å². The highest BCUT2D eigenvalue weighted by molar-refractivity contribution is 5.68. The number of aromatic nitrogens is 4. The summed E-state index contributed by atoms with van der Waals surface area (Å²) in [4.78, 5) is 32.0. The molecule has 0 unspecified atom stereocenters. The third-order valence-electron chi connectivity index (χ3n) is 2.76. The standard InChI is InChI=1S/C11H14N4O2/c1-6(2)7-5-12-9-8(13-7)10(16)15(4)11(17)14(9)3/h5-6H,1-4H3. The second kappa shape index (κ2) is 3.80. The lowest BCUT2D eigenvalue weighted by Gasteiger charge is -2.08. The fourth-order valence-electron chi connectivity index (χ4n) is 1.62. The Morgan fingerprint density at radius 3 is 2.41 bits per heavy atom. The lowest BCUT2D eigenvalue weighted by Crippen LogP contribution is -2.37. The van der Waals surface area contributed by atoms with Gasteiger partial charge in [-0.15, -0.1) is 0 Å². The molecule has 2 aromatic heterocycles. The van der Waals surface area contributed by atoms with E-state index in [-0.39, 0.29) is 11.4 Å². The molecule has 0 N–H and O–H groups in total. The minimum absolute atomic E-state index is 0.189. The fraction of sp³-hybridized carbons (Fsp3) is 0.455. The minimum atomic E-state index is -0.405. The molecule has 0 aliphatic heterocycles. The predicted octanol–water partition coefficient (Wildman–Crippen LogP) is 0.151. The van der Waals surface area contributed by atoms with Crippen LogP contribution in [0.3, 0.4) is 0 Å². The van der Waals surface area contributed by atoms with E-state index in [0.29, 0.717) is 5.65 Å². The minimum Gasteiger partial charge on any atom is -0.279 e. The molecule has 0 aliphatic carbocycles. The molecular weight excluding hydrogens is 220 g/mol. The van der Waals surface area contributed by atoms with Crippen molar-refractivity contribution in [1.29, 1.82) is 0 Å². The summed E-state index contributed by atoms with van der Waals surface area (Å²) in [6, 6.07) is 0. The Balaban J connectivity index is 2.97. The van der Waals surface area contributed by atoms with Crippen LogP contribution in [-0.4, -0.2) is 19.1 Å². The third kappa shape index (κ3) is 1.65. The highest BCUT2D eigenvalue weighted by atomic mass is 16.2. The van der Waals surface area contributed by atoms with Crippen LogP contribution in [0.4, 0.5) is 0 Å². The van der Waals surface area contributed by atoms with Crippen molar-refractivity contribution >= 4 is 11.2 Å². The van der Waals surface area contributed by atoms with Crippen molar-refractivity contribution in [2.75, 3.05) is 0 Å². The summed E-state index contributed by atoms with van der Waals surface area (Å²) in [6.45, 7) is 3.95. The quantitative estimate of drug-likeness (QED) is 0.704. The van der Waals surface area contributed by atoms with E-state index in [4.69, 9.17) is 0 Å². The van der Waals surface area contributed by atoms with Crippen LogP contribution in [0.25, 0.3) is 11.2 Å². The van der Waals surface area contributed by atoms with Gasteiger partial charge in [0.15, 0.2) is 11.2 Å². The highest BCUT2D eigenvalue weighted by Gasteiger charge is 2.12. The van der Waals surface area contributed by atoms with E-state index in [0.717, 1.165) is 10.3 Å². The maximum Gasteiger partial charge on any atom is 0.332 e. The van der Waals surface area contributed by atoms with Crippen molar-refractivity contribution in [2.24, 2.45) is 14.1 Å². The molecule has 17 heavy (non-hydrogen) atoms. The molecule has 6 heteroatoms. The van der Waals surface area contributed by atoms with Crippen molar-refractivity contribution in [3.63, 3.8) is 0 Å². The smallest absolute Gasteiger partial charge is 0.279 e. The van der Waals surface area contributed by atoms with E-state index < -0.39 is 11.2 Å². The van der Waals surface area contributed by atoms with Crippen LogP contribution < -0.4 is 11.2 Å². The maximum atomic E-state index is 11.9. The molecule has 0 amide bonds. The summed E-state index contributed by atoms with van der Waals surface area (Å²) in [5.41, 5.74) is 0.503. The molecule has 0 atom stereocenters. The van der Waals surface area contributed by atoms with Gasteiger partial charge in [0.1, 0.15) is 0 Å². The van der Waals surface area contributed by atoms with E-state index in [1.165, 1.54) is 11.6 Å². The number of hydrogen-bond acceptors (Lipinski definition) is 4. The number of fused-ring (bicyclic) bond motifs is 1. The zero-order chi connectivity index (χ0) is 12.7. The molecule has 2 heterocycles. The van der Waals surface area contributed by atoms with Crippen LogP contribution in [0.5, 0.6) is 0 Å². The Morgan fingerprint density at radius 1 is 1.18 bits per heavy atom. The van der Waals surface area contributed by atoms with Gasteiger partial charge in [-0.25, -0.2) is 14.8 Å². The lowest BCUT2D eigenvalue weighted by atomic mass is 10.1. The lowest BCUT2D eigenvalue weighted by molar-refractivity contribution is 0.700. The zero-order valence-electron chi connectivity index (χ0n) is 10.3. The predicted molar refractivity (Wildman–Crippen MR) is 64.1 cm³/mol. The highest BCUT2D eigenvalue weighted by Crippen LogP contribution is 2.11. The molecule has 0 aromatic carbocycles. The molecule has 0 fully saturated rings. The molecule has 0 saturated carbocycles. The Morgan fingerprint density at radius 2 is 1.82 bits per heavy atom. The molecule has 2 rings (SSSR count). The van der Waals surface area contributed by atoms with Crippen LogP contribution in [0.2, 0.25) is 0 Å². The first kappa shape index (κ1) is 11.5. The van der Waals surface area contributed by atoms with Crippen LogP contribution in [-0.2, 0) is 14.1 Å². The first-order valence-corrected chi connectivity index (χ1v) is 5.36. The van der Waals surface area contributed by atoms with Gasteiger partial charge in [0, 0.05) is 14.1 Å². The average Bonchev–Trinajstić information content (AvgIpc) is 2.32. The largest absolute Gasteiger partial charge is 0.332 e. The van der Waals surface area contributed by atoms with Crippen LogP contribution >= 0.6 is 0 Å². The van der Waals surface area contributed by atoms with E-state index in [9.17, 15) is 9.59 Å². The Labute approximate surface area is 97.6 Å². The second-order valence-electron chi connectivity index (χ2n) is 4.33. The van der Waals surface area contributed by atoms with Crippen LogP contribution in [0.15, 0.2) is 15.8 Å². The van der Waals surface area contributed by atoms with Gasteiger partial charge in [-0.3, -0.25) is 13.9 Å². The van der Waals surface area contributed by atoms with E-state index in [2.05, 4.69) is 9.97 Å². The first-order chi connectivity index (χ1) is 7.93. The van der Waals surface area contributed by atoms with Crippen molar-refractivity contribution < 1.29 is 0 Å². The van der Waals surface area contributed by atoms with Gasteiger partial charge in [0.05, 0.1) is 11.9 Å². The summed E-state index contributed by atoms with van der Waals surface area (Å²) in [6.07, 6.45) is 1.60. The number of aryl methyl sites for hydroxylation is 1. The molecule has 2 aromatic rings. The second-order valence-corrected chi connectivity index (χ2v) is 4.33.